The summed E-state index contributed by atoms with van der Waals surface area (Å²) in [4.78, 5) is 13.0. The van der Waals surface area contributed by atoms with Gasteiger partial charge in [-0.05, 0) is 54.3 Å². The predicted octanol–water partition coefficient (Wildman–Crippen LogP) is 4.34. The fraction of sp³-hybridized carbons (Fsp3) is 0.235. The summed E-state index contributed by atoms with van der Waals surface area (Å²) in [6, 6.07) is 14.2. The topological polar surface area (TPSA) is 37.3 Å². The van der Waals surface area contributed by atoms with Crippen molar-refractivity contribution in [2.45, 2.75) is 36.5 Å². The Labute approximate surface area is 123 Å². The van der Waals surface area contributed by atoms with Gasteiger partial charge in [0.15, 0.2) is 0 Å². The van der Waals surface area contributed by atoms with E-state index in [0.29, 0.717) is 0 Å². The van der Waals surface area contributed by atoms with Crippen molar-refractivity contribution in [3.8, 4) is 0 Å². The van der Waals surface area contributed by atoms with Crippen molar-refractivity contribution in [3.05, 3.63) is 59.2 Å². The van der Waals surface area contributed by atoms with Crippen LogP contribution in [0, 0.1) is 6.92 Å². The molecular weight excluding hydrogens is 268 g/mol. The van der Waals surface area contributed by atoms with Crippen molar-refractivity contribution in [2.75, 3.05) is 0 Å². The minimum Gasteiger partial charge on any atom is -0.481 e. The van der Waals surface area contributed by atoms with Crippen molar-refractivity contribution in [3.63, 3.8) is 0 Å². The number of benzene rings is 2. The molecule has 0 amide bonds. The number of rotatable bonds is 5. The summed E-state index contributed by atoms with van der Waals surface area (Å²) in [7, 11) is 0. The van der Waals surface area contributed by atoms with Crippen molar-refractivity contribution >= 4 is 17.7 Å². The minimum atomic E-state index is -0.795. The Morgan fingerprint density at radius 3 is 2.30 bits per heavy atom. The van der Waals surface area contributed by atoms with Crippen LogP contribution < -0.4 is 0 Å². The summed E-state index contributed by atoms with van der Waals surface area (Å²) in [5.41, 5.74) is 3.53. The molecule has 0 unspecified atom stereocenters. The van der Waals surface area contributed by atoms with E-state index >= 15 is 0 Å². The van der Waals surface area contributed by atoms with Gasteiger partial charge in [0, 0.05) is 9.79 Å². The number of aliphatic carboxylic acids is 1. The van der Waals surface area contributed by atoms with E-state index in [2.05, 4.69) is 32.0 Å². The van der Waals surface area contributed by atoms with E-state index in [1.54, 1.807) is 11.8 Å². The number of hydrogen-bond donors (Lipinski definition) is 1. The zero-order valence-electron chi connectivity index (χ0n) is 11.7. The highest BCUT2D eigenvalue weighted by atomic mass is 32.2. The lowest BCUT2D eigenvalue weighted by Gasteiger charge is -2.07. The second kappa shape index (κ2) is 6.62. The standard InChI is InChI=1S/C17H18O2S/c1-3-14-6-9-16(10-12(14)2)20-15-7-4-13(5-8-15)11-17(18)19/h4-10H,3,11H2,1-2H3,(H,18,19). The van der Waals surface area contributed by atoms with E-state index in [4.69, 9.17) is 5.11 Å². The SMILES string of the molecule is CCc1ccc(Sc2ccc(CC(=O)O)cc2)cc1C. The summed E-state index contributed by atoms with van der Waals surface area (Å²) >= 11 is 1.70. The maximum absolute atomic E-state index is 10.6. The second-order valence-electron chi connectivity index (χ2n) is 4.76. The third kappa shape index (κ3) is 3.87. The molecule has 0 atom stereocenters. The van der Waals surface area contributed by atoms with Gasteiger partial charge in [0.1, 0.15) is 0 Å². The lowest BCUT2D eigenvalue weighted by Crippen LogP contribution is -1.99. The molecule has 3 heteroatoms. The van der Waals surface area contributed by atoms with E-state index in [1.165, 1.54) is 16.0 Å². The monoisotopic (exact) mass is 286 g/mol. The average molecular weight is 286 g/mol. The third-order valence-corrected chi connectivity index (χ3v) is 4.21. The van der Waals surface area contributed by atoms with Crippen molar-refractivity contribution in [1.29, 1.82) is 0 Å². The van der Waals surface area contributed by atoms with Crippen molar-refractivity contribution in [1.82, 2.24) is 0 Å². The zero-order valence-corrected chi connectivity index (χ0v) is 12.5. The molecule has 2 rings (SSSR count). The number of carboxylic acid groups (broad SMARTS) is 1. The van der Waals surface area contributed by atoms with Crippen LogP contribution in [0.1, 0.15) is 23.6 Å². The van der Waals surface area contributed by atoms with Crippen LogP contribution in [0.15, 0.2) is 52.3 Å². The summed E-state index contributed by atoms with van der Waals surface area (Å²) in [5, 5.41) is 8.75. The first kappa shape index (κ1) is 14.7. The Balaban J connectivity index is 2.10. The van der Waals surface area contributed by atoms with Crippen LogP contribution in [-0.2, 0) is 17.6 Å². The molecule has 0 saturated heterocycles. The zero-order chi connectivity index (χ0) is 14.5. The molecule has 2 aromatic rings. The molecule has 0 radical (unpaired) electrons. The van der Waals surface area contributed by atoms with E-state index in [-0.39, 0.29) is 6.42 Å². The van der Waals surface area contributed by atoms with Gasteiger partial charge in [-0.2, -0.15) is 0 Å². The highest BCUT2D eigenvalue weighted by molar-refractivity contribution is 7.99. The van der Waals surface area contributed by atoms with Gasteiger partial charge in [-0.25, -0.2) is 0 Å². The van der Waals surface area contributed by atoms with Gasteiger partial charge in [0.2, 0.25) is 0 Å². The maximum Gasteiger partial charge on any atom is 0.307 e. The number of hydrogen-bond acceptors (Lipinski definition) is 2. The second-order valence-corrected chi connectivity index (χ2v) is 5.91. The van der Waals surface area contributed by atoms with Crippen LogP contribution >= 0.6 is 11.8 Å². The van der Waals surface area contributed by atoms with E-state index in [9.17, 15) is 4.79 Å². The number of carboxylic acids is 1. The van der Waals surface area contributed by atoms with Gasteiger partial charge in [-0.3, -0.25) is 4.79 Å². The molecule has 0 bridgehead atoms. The molecule has 0 saturated carbocycles. The van der Waals surface area contributed by atoms with Crippen molar-refractivity contribution < 1.29 is 9.90 Å². The normalized spacial score (nSPS) is 10.5. The minimum absolute atomic E-state index is 0.0786. The number of aryl methyl sites for hydroxylation is 2. The van der Waals surface area contributed by atoms with Gasteiger partial charge in [-0.15, -0.1) is 0 Å². The summed E-state index contributed by atoms with van der Waals surface area (Å²) in [6.07, 6.45) is 1.13. The molecule has 0 aliphatic heterocycles. The molecule has 0 aliphatic carbocycles. The first-order chi connectivity index (χ1) is 9.58. The van der Waals surface area contributed by atoms with Gasteiger partial charge >= 0.3 is 5.97 Å². The molecule has 0 spiro atoms. The molecule has 0 fully saturated rings. The van der Waals surface area contributed by atoms with Crippen LogP contribution in [-0.4, -0.2) is 11.1 Å². The lowest BCUT2D eigenvalue weighted by molar-refractivity contribution is -0.136. The molecule has 0 aromatic heterocycles. The summed E-state index contributed by atoms with van der Waals surface area (Å²) in [6.45, 7) is 4.30. The molecule has 2 nitrogen and oxygen atoms in total. The Morgan fingerprint density at radius 1 is 1.10 bits per heavy atom. The summed E-state index contributed by atoms with van der Waals surface area (Å²) < 4.78 is 0. The van der Waals surface area contributed by atoms with Crippen LogP contribution in [0.3, 0.4) is 0 Å². The van der Waals surface area contributed by atoms with E-state index in [1.807, 2.05) is 24.3 Å². The average Bonchev–Trinajstić information content (AvgIpc) is 2.41. The Morgan fingerprint density at radius 2 is 1.75 bits per heavy atom. The lowest BCUT2D eigenvalue weighted by atomic mass is 10.1. The Bertz CT molecular complexity index is 603. The van der Waals surface area contributed by atoms with Crippen LogP contribution in [0.5, 0.6) is 0 Å². The largest absolute Gasteiger partial charge is 0.481 e. The summed E-state index contributed by atoms with van der Waals surface area (Å²) in [5.74, 6) is -0.795. The molecular formula is C17H18O2S. The molecule has 2 aromatic carbocycles. The predicted molar refractivity (Wildman–Crippen MR) is 82.5 cm³/mol. The molecule has 0 heterocycles. The molecule has 0 aliphatic rings. The maximum atomic E-state index is 10.6. The van der Waals surface area contributed by atoms with Gasteiger partial charge in [0.05, 0.1) is 6.42 Å². The van der Waals surface area contributed by atoms with Gasteiger partial charge < -0.3 is 5.11 Å². The first-order valence-corrected chi connectivity index (χ1v) is 7.48. The van der Waals surface area contributed by atoms with Gasteiger partial charge in [-0.1, -0.05) is 36.9 Å². The fourth-order valence-corrected chi connectivity index (χ4v) is 3.03. The highest BCUT2D eigenvalue weighted by Crippen LogP contribution is 2.29. The molecule has 1 N–H and O–H groups in total. The fourth-order valence-electron chi connectivity index (χ4n) is 2.11. The van der Waals surface area contributed by atoms with E-state index in [0.717, 1.165) is 16.9 Å². The molecule has 104 valence electrons. The molecule has 20 heavy (non-hydrogen) atoms. The smallest absolute Gasteiger partial charge is 0.307 e. The quantitative estimate of drug-likeness (QED) is 0.888. The van der Waals surface area contributed by atoms with Crippen LogP contribution in [0.2, 0.25) is 0 Å². The number of carbonyl (C=O) groups is 1. The first-order valence-electron chi connectivity index (χ1n) is 6.66. The van der Waals surface area contributed by atoms with Crippen LogP contribution in [0.4, 0.5) is 0 Å². The Hall–Kier alpha value is -1.74. The van der Waals surface area contributed by atoms with Crippen LogP contribution in [0.25, 0.3) is 0 Å². The van der Waals surface area contributed by atoms with E-state index < -0.39 is 5.97 Å². The Kier molecular flexibility index (Phi) is 4.85. The van der Waals surface area contributed by atoms with Crippen molar-refractivity contribution in [2.24, 2.45) is 0 Å². The highest BCUT2D eigenvalue weighted by Gasteiger charge is 2.03. The third-order valence-electron chi connectivity index (χ3n) is 3.21. The van der Waals surface area contributed by atoms with Gasteiger partial charge in [0.25, 0.3) is 0 Å².